The van der Waals surface area contributed by atoms with Crippen LogP contribution in [0.1, 0.15) is 16.2 Å². The van der Waals surface area contributed by atoms with E-state index in [4.69, 9.17) is 0 Å². The third-order valence-electron chi connectivity index (χ3n) is 3.93. The van der Waals surface area contributed by atoms with E-state index in [0.29, 0.717) is 12.1 Å². The molecule has 6 heteroatoms. The highest BCUT2D eigenvalue weighted by molar-refractivity contribution is 5.95. The molecule has 2 heterocycles. The fourth-order valence-corrected chi connectivity index (χ4v) is 2.70. The molecule has 1 amide bonds. The van der Waals surface area contributed by atoms with E-state index in [9.17, 15) is 4.79 Å². The van der Waals surface area contributed by atoms with Gasteiger partial charge in [0.05, 0.1) is 29.5 Å². The second-order valence-electron chi connectivity index (χ2n) is 5.83. The molecule has 4 rings (SSSR count). The summed E-state index contributed by atoms with van der Waals surface area (Å²) < 4.78 is 0. The molecule has 0 fully saturated rings. The predicted octanol–water partition coefficient (Wildman–Crippen LogP) is 3.63. The molecule has 0 unspecified atom stereocenters. The minimum atomic E-state index is -0.153. The number of nitrogens with one attached hydrogen (secondary N) is 3. The van der Waals surface area contributed by atoms with Gasteiger partial charge in [0.15, 0.2) is 0 Å². The van der Waals surface area contributed by atoms with Gasteiger partial charge in [-0.25, -0.2) is 4.98 Å². The average molecular weight is 343 g/mol. The monoisotopic (exact) mass is 343 g/mol. The maximum atomic E-state index is 12.4. The molecule has 0 aliphatic carbocycles. The maximum absolute atomic E-state index is 12.4. The summed E-state index contributed by atoms with van der Waals surface area (Å²) in [7, 11) is 0. The standard InChI is InChI=1S/C20H17N5O/c26-20(22-13-19-24-17-8-1-2-9-18(17)25-19)14-5-3-6-15(11-14)23-16-7-4-10-21-12-16/h1-12,23H,13H2,(H,22,26)(H,24,25). The lowest BCUT2D eigenvalue weighted by Crippen LogP contribution is -2.23. The molecule has 4 aromatic rings. The van der Waals surface area contributed by atoms with Crippen LogP contribution in [0.3, 0.4) is 0 Å². The SMILES string of the molecule is O=C(NCc1nc2ccccc2[nH]1)c1cccc(Nc2cccnc2)c1. The van der Waals surface area contributed by atoms with E-state index in [1.807, 2.05) is 48.5 Å². The number of fused-ring (bicyclic) bond motifs is 1. The summed E-state index contributed by atoms with van der Waals surface area (Å²) in [5.41, 5.74) is 4.12. The van der Waals surface area contributed by atoms with Crippen LogP contribution in [0.4, 0.5) is 11.4 Å². The number of para-hydroxylation sites is 2. The average Bonchev–Trinajstić information content (AvgIpc) is 3.10. The zero-order valence-electron chi connectivity index (χ0n) is 13.9. The molecule has 128 valence electrons. The first-order chi connectivity index (χ1) is 12.8. The third kappa shape index (κ3) is 3.54. The van der Waals surface area contributed by atoms with Gasteiger partial charge in [-0.15, -0.1) is 0 Å². The molecule has 26 heavy (non-hydrogen) atoms. The van der Waals surface area contributed by atoms with Crippen LogP contribution in [0.25, 0.3) is 11.0 Å². The highest BCUT2D eigenvalue weighted by Gasteiger charge is 2.08. The zero-order valence-corrected chi connectivity index (χ0v) is 13.9. The lowest BCUT2D eigenvalue weighted by Gasteiger charge is -2.08. The summed E-state index contributed by atoms with van der Waals surface area (Å²) in [4.78, 5) is 24.2. The predicted molar refractivity (Wildman–Crippen MR) is 101 cm³/mol. The lowest BCUT2D eigenvalue weighted by molar-refractivity contribution is 0.0950. The van der Waals surface area contributed by atoms with Gasteiger partial charge in [0.1, 0.15) is 5.82 Å². The summed E-state index contributed by atoms with van der Waals surface area (Å²) in [6, 6.07) is 18.9. The van der Waals surface area contributed by atoms with E-state index >= 15 is 0 Å². The fourth-order valence-electron chi connectivity index (χ4n) is 2.70. The largest absolute Gasteiger partial charge is 0.354 e. The zero-order chi connectivity index (χ0) is 17.8. The smallest absolute Gasteiger partial charge is 0.251 e. The summed E-state index contributed by atoms with van der Waals surface area (Å²) in [5.74, 6) is 0.574. The topological polar surface area (TPSA) is 82.7 Å². The quantitative estimate of drug-likeness (QED) is 0.517. The second kappa shape index (κ2) is 7.06. The first-order valence-corrected chi connectivity index (χ1v) is 8.27. The molecular weight excluding hydrogens is 326 g/mol. The highest BCUT2D eigenvalue weighted by atomic mass is 16.1. The minimum Gasteiger partial charge on any atom is -0.354 e. The van der Waals surface area contributed by atoms with Crippen molar-refractivity contribution < 1.29 is 4.79 Å². The van der Waals surface area contributed by atoms with Gasteiger partial charge in [-0.05, 0) is 42.5 Å². The highest BCUT2D eigenvalue weighted by Crippen LogP contribution is 2.17. The molecule has 2 aromatic carbocycles. The Kier molecular flexibility index (Phi) is 4.30. The number of aromatic amines is 1. The van der Waals surface area contributed by atoms with Crippen molar-refractivity contribution in [3.63, 3.8) is 0 Å². The van der Waals surface area contributed by atoms with Crippen molar-refractivity contribution in [1.29, 1.82) is 0 Å². The van der Waals surface area contributed by atoms with E-state index in [1.54, 1.807) is 24.5 Å². The van der Waals surface area contributed by atoms with Crippen LogP contribution in [0.2, 0.25) is 0 Å². The molecule has 6 nitrogen and oxygen atoms in total. The fraction of sp³-hybridized carbons (Fsp3) is 0.0500. The van der Waals surface area contributed by atoms with Crippen LogP contribution < -0.4 is 10.6 Å². The van der Waals surface area contributed by atoms with E-state index in [0.717, 1.165) is 28.2 Å². The van der Waals surface area contributed by atoms with E-state index in [2.05, 4.69) is 25.6 Å². The number of anilines is 2. The van der Waals surface area contributed by atoms with Gasteiger partial charge in [0, 0.05) is 17.4 Å². The summed E-state index contributed by atoms with van der Waals surface area (Å²) in [5, 5.41) is 6.12. The molecule has 0 atom stereocenters. The Hall–Kier alpha value is -3.67. The minimum absolute atomic E-state index is 0.153. The van der Waals surface area contributed by atoms with Crippen molar-refractivity contribution in [2.75, 3.05) is 5.32 Å². The number of amides is 1. The number of nitrogens with zero attached hydrogens (tertiary/aromatic N) is 2. The maximum Gasteiger partial charge on any atom is 0.251 e. The molecular formula is C20H17N5O. The van der Waals surface area contributed by atoms with Crippen LogP contribution in [0.15, 0.2) is 73.1 Å². The van der Waals surface area contributed by atoms with E-state index < -0.39 is 0 Å². The molecule has 0 bridgehead atoms. The van der Waals surface area contributed by atoms with Crippen LogP contribution in [-0.2, 0) is 6.54 Å². The Morgan fingerprint density at radius 3 is 2.73 bits per heavy atom. The first-order valence-electron chi connectivity index (χ1n) is 8.27. The number of H-pyrrole nitrogens is 1. The molecule has 0 spiro atoms. The number of carbonyl (C=O) groups excluding carboxylic acids is 1. The van der Waals surface area contributed by atoms with Crippen LogP contribution in [0, 0.1) is 0 Å². The molecule has 2 aromatic heterocycles. The van der Waals surface area contributed by atoms with Crippen LogP contribution in [-0.4, -0.2) is 20.9 Å². The Labute approximate surface area is 150 Å². The van der Waals surface area contributed by atoms with Gasteiger partial charge < -0.3 is 15.6 Å². The number of imidazole rings is 1. The van der Waals surface area contributed by atoms with Gasteiger partial charge in [0.25, 0.3) is 5.91 Å². The third-order valence-corrected chi connectivity index (χ3v) is 3.93. The number of rotatable bonds is 5. The van der Waals surface area contributed by atoms with Crippen LogP contribution >= 0.6 is 0 Å². The molecule has 0 saturated heterocycles. The summed E-state index contributed by atoms with van der Waals surface area (Å²) >= 11 is 0. The Morgan fingerprint density at radius 1 is 1.00 bits per heavy atom. The number of hydrogen-bond donors (Lipinski definition) is 3. The van der Waals surface area contributed by atoms with Crippen molar-refractivity contribution in [2.24, 2.45) is 0 Å². The normalized spacial score (nSPS) is 10.6. The van der Waals surface area contributed by atoms with Crippen molar-refractivity contribution >= 4 is 28.3 Å². The Bertz CT molecular complexity index is 1010. The Morgan fingerprint density at radius 2 is 1.88 bits per heavy atom. The van der Waals surface area contributed by atoms with Gasteiger partial charge >= 0.3 is 0 Å². The second-order valence-corrected chi connectivity index (χ2v) is 5.83. The van der Waals surface area contributed by atoms with E-state index in [-0.39, 0.29) is 5.91 Å². The van der Waals surface area contributed by atoms with Crippen LogP contribution in [0.5, 0.6) is 0 Å². The van der Waals surface area contributed by atoms with Crippen molar-refractivity contribution in [3.8, 4) is 0 Å². The van der Waals surface area contributed by atoms with Crippen molar-refractivity contribution in [3.05, 3.63) is 84.4 Å². The molecule has 0 aliphatic rings. The van der Waals surface area contributed by atoms with Crippen molar-refractivity contribution in [2.45, 2.75) is 6.54 Å². The number of aromatic nitrogens is 3. The van der Waals surface area contributed by atoms with Gasteiger partial charge in [-0.3, -0.25) is 9.78 Å². The first kappa shape index (κ1) is 15.8. The summed E-state index contributed by atoms with van der Waals surface area (Å²) in [6.45, 7) is 0.341. The summed E-state index contributed by atoms with van der Waals surface area (Å²) in [6.07, 6.45) is 3.45. The van der Waals surface area contributed by atoms with Gasteiger partial charge in [-0.1, -0.05) is 18.2 Å². The number of hydrogen-bond acceptors (Lipinski definition) is 4. The lowest BCUT2D eigenvalue weighted by atomic mass is 10.2. The number of benzene rings is 2. The Balaban J connectivity index is 1.43. The molecule has 0 aliphatic heterocycles. The van der Waals surface area contributed by atoms with E-state index in [1.165, 1.54) is 0 Å². The number of pyridine rings is 1. The molecule has 0 saturated carbocycles. The van der Waals surface area contributed by atoms with Gasteiger partial charge in [0.2, 0.25) is 0 Å². The molecule has 3 N–H and O–H groups in total. The molecule has 0 radical (unpaired) electrons. The van der Waals surface area contributed by atoms with Crippen molar-refractivity contribution in [1.82, 2.24) is 20.3 Å². The number of carbonyl (C=O) groups is 1. The van der Waals surface area contributed by atoms with Gasteiger partial charge in [-0.2, -0.15) is 0 Å².